The van der Waals surface area contributed by atoms with E-state index in [0.29, 0.717) is 6.54 Å². The van der Waals surface area contributed by atoms with E-state index in [-0.39, 0.29) is 11.7 Å². The monoisotopic (exact) mass is 205 g/mol. The third-order valence-corrected chi connectivity index (χ3v) is 2.72. The number of para-hydroxylation sites is 1. The minimum absolute atomic E-state index is 0.0207. The fourth-order valence-electron chi connectivity index (χ4n) is 1.88. The number of aromatic amines is 1. The summed E-state index contributed by atoms with van der Waals surface area (Å²) in [7, 11) is 0. The summed E-state index contributed by atoms with van der Waals surface area (Å²) in [4.78, 5) is 14.6. The zero-order valence-electron chi connectivity index (χ0n) is 8.95. The number of imidazole rings is 1. The van der Waals surface area contributed by atoms with Gasteiger partial charge in [0.25, 0.3) is 0 Å². The Morgan fingerprint density at radius 2 is 2.27 bits per heavy atom. The predicted molar refractivity (Wildman–Crippen MR) is 61.1 cm³/mol. The molecular formula is C11H15N3O. The first-order valence-electron chi connectivity index (χ1n) is 5.05. The average molecular weight is 205 g/mol. The maximum Gasteiger partial charge on any atom is 0.326 e. The highest BCUT2D eigenvalue weighted by Crippen LogP contribution is 2.17. The number of nitrogens with one attached hydrogen (secondary N) is 1. The first-order chi connectivity index (χ1) is 7.15. The van der Waals surface area contributed by atoms with Gasteiger partial charge in [-0.2, -0.15) is 0 Å². The number of hydrogen-bond acceptors (Lipinski definition) is 2. The number of nitrogens with two attached hydrogens (primary N) is 1. The molecule has 0 aliphatic carbocycles. The van der Waals surface area contributed by atoms with Crippen LogP contribution in [0.15, 0.2) is 23.0 Å². The van der Waals surface area contributed by atoms with Gasteiger partial charge in [-0.1, -0.05) is 12.1 Å². The summed E-state index contributed by atoms with van der Waals surface area (Å²) in [6.07, 6.45) is 0. The normalized spacial score (nSPS) is 13.3. The molecule has 1 atom stereocenters. The minimum Gasteiger partial charge on any atom is -0.328 e. The summed E-state index contributed by atoms with van der Waals surface area (Å²) in [5.74, 6) is 0. The van der Waals surface area contributed by atoms with Crippen LogP contribution < -0.4 is 11.4 Å². The second kappa shape index (κ2) is 3.55. The Kier molecular flexibility index (Phi) is 2.36. The lowest BCUT2D eigenvalue weighted by atomic mass is 10.2. The molecule has 0 radical (unpaired) electrons. The molecule has 4 nitrogen and oxygen atoms in total. The van der Waals surface area contributed by atoms with Crippen LogP contribution >= 0.6 is 0 Å². The van der Waals surface area contributed by atoms with Crippen LogP contribution in [0.5, 0.6) is 0 Å². The van der Waals surface area contributed by atoms with Crippen molar-refractivity contribution in [3.63, 3.8) is 0 Å². The lowest BCUT2D eigenvalue weighted by molar-refractivity contribution is 0.556. The molecule has 1 heterocycles. The average Bonchev–Trinajstić information content (AvgIpc) is 2.55. The van der Waals surface area contributed by atoms with Gasteiger partial charge in [0.1, 0.15) is 0 Å². The molecule has 0 spiro atoms. The Balaban J connectivity index is 2.82. The number of H-pyrrole nitrogens is 1. The van der Waals surface area contributed by atoms with Crippen LogP contribution in [-0.2, 0) is 0 Å². The first-order valence-corrected chi connectivity index (χ1v) is 5.05. The van der Waals surface area contributed by atoms with Gasteiger partial charge in [-0.05, 0) is 25.5 Å². The standard InChI is InChI=1S/C11H15N3O/c1-7-4-3-5-9-10(7)14(8(2)6-12)11(15)13-9/h3-5,8H,6,12H2,1-2H3,(H,13,15). The fourth-order valence-corrected chi connectivity index (χ4v) is 1.88. The van der Waals surface area contributed by atoms with Gasteiger partial charge < -0.3 is 10.7 Å². The lowest BCUT2D eigenvalue weighted by Crippen LogP contribution is -2.25. The molecule has 0 bridgehead atoms. The number of rotatable bonds is 2. The highest BCUT2D eigenvalue weighted by atomic mass is 16.1. The van der Waals surface area contributed by atoms with Gasteiger partial charge in [0, 0.05) is 12.6 Å². The van der Waals surface area contributed by atoms with Crippen molar-refractivity contribution in [3.05, 3.63) is 34.2 Å². The van der Waals surface area contributed by atoms with Crippen molar-refractivity contribution in [2.24, 2.45) is 5.73 Å². The van der Waals surface area contributed by atoms with Crippen LogP contribution in [0.2, 0.25) is 0 Å². The van der Waals surface area contributed by atoms with Crippen molar-refractivity contribution in [3.8, 4) is 0 Å². The van der Waals surface area contributed by atoms with Crippen LogP contribution in [0.1, 0.15) is 18.5 Å². The third-order valence-electron chi connectivity index (χ3n) is 2.72. The molecule has 0 aliphatic heterocycles. The largest absolute Gasteiger partial charge is 0.328 e. The summed E-state index contributed by atoms with van der Waals surface area (Å²) in [6.45, 7) is 4.40. The number of nitrogens with zero attached hydrogens (tertiary/aromatic N) is 1. The van der Waals surface area contributed by atoms with E-state index in [2.05, 4.69) is 4.98 Å². The van der Waals surface area contributed by atoms with Crippen molar-refractivity contribution >= 4 is 11.0 Å². The molecule has 1 aromatic heterocycles. The number of aromatic nitrogens is 2. The molecule has 80 valence electrons. The first kappa shape index (κ1) is 9.98. The molecule has 4 heteroatoms. The summed E-state index contributed by atoms with van der Waals surface area (Å²) < 4.78 is 1.73. The smallest absolute Gasteiger partial charge is 0.326 e. The maximum absolute atomic E-state index is 11.7. The van der Waals surface area contributed by atoms with Crippen molar-refractivity contribution in [2.75, 3.05) is 6.54 Å². The topological polar surface area (TPSA) is 63.8 Å². The molecule has 0 saturated carbocycles. The van der Waals surface area contributed by atoms with Gasteiger partial charge >= 0.3 is 5.69 Å². The second-order valence-electron chi connectivity index (χ2n) is 3.86. The molecular weight excluding hydrogens is 190 g/mol. The highest BCUT2D eigenvalue weighted by molar-refractivity contribution is 5.78. The molecule has 0 fully saturated rings. The minimum atomic E-state index is -0.0859. The van der Waals surface area contributed by atoms with Crippen LogP contribution in [0.4, 0.5) is 0 Å². The summed E-state index contributed by atoms with van der Waals surface area (Å²) in [6, 6.07) is 5.86. The van der Waals surface area contributed by atoms with Gasteiger partial charge in [0.2, 0.25) is 0 Å². The van der Waals surface area contributed by atoms with Gasteiger partial charge in [0.15, 0.2) is 0 Å². The molecule has 1 unspecified atom stereocenters. The van der Waals surface area contributed by atoms with Crippen molar-refractivity contribution in [1.82, 2.24) is 9.55 Å². The molecule has 0 amide bonds. The Hall–Kier alpha value is -1.55. The van der Waals surface area contributed by atoms with E-state index in [1.54, 1.807) is 4.57 Å². The van der Waals surface area contributed by atoms with Crippen LogP contribution in [0.25, 0.3) is 11.0 Å². The Morgan fingerprint density at radius 1 is 1.53 bits per heavy atom. The van der Waals surface area contributed by atoms with E-state index < -0.39 is 0 Å². The Labute approximate surface area is 87.7 Å². The van der Waals surface area contributed by atoms with Gasteiger partial charge in [-0.25, -0.2) is 4.79 Å². The molecule has 0 saturated heterocycles. The summed E-state index contributed by atoms with van der Waals surface area (Å²) in [5, 5.41) is 0. The zero-order valence-corrected chi connectivity index (χ0v) is 8.95. The zero-order chi connectivity index (χ0) is 11.0. The third kappa shape index (κ3) is 1.47. The van der Waals surface area contributed by atoms with Crippen LogP contribution in [0, 0.1) is 6.92 Å². The number of benzene rings is 1. The molecule has 15 heavy (non-hydrogen) atoms. The lowest BCUT2D eigenvalue weighted by Gasteiger charge is -2.11. The highest BCUT2D eigenvalue weighted by Gasteiger charge is 2.12. The molecule has 3 N–H and O–H groups in total. The van der Waals surface area contributed by atoms with Crippen molar-refractivity contribution < 1.29 is 0 Å². The van der Waals surface area contributed by atoms with E-state index in [1.807, 2.05) is 32.0 Å². The van der Waals surface area contributed by atoms with Crippen LogP contribution in [-0.4, -0.2) is 16.1 Å². The Bertz CT molecular complexity index is 538. The molecule has 2 rings (SSSR count). The van der Waals surface area contributed by atoms with Crippen molar-refractivity contribution in [1.29, 1.82) is 0 Å². The summed E-state index contributed by atoms with van der Waals surface area (Å²) in [5.41, 5.74) is 8.44. The van der Waals surface area contributed by atoms with E-state index in [4.69, 9.17) is 5.73 Å². The maximum atomic E-state index is 11.7. The predicted octanol–water partition coefficient (Wildman–Crippen LogP) is 1.16. The second-order valence-corrected chi connectivity index (χ2v) is 3.86. The molecule has 2 aromatic rings. The van der Waals surface area contributed by atoms with Gasteiger partial charge in [-0.3, -0.25) is 4.57 Å². The molecule has 0 aliphatic rings. The Morgan fingerprint density at radius 3 is 2.93 bits per heavy atom. The van der Waals surface area contributed by atoms with E-state index in [1.165, 1.54) is 0 Å². The fraction of sp³-hybridized carbons (Fsp3) is 0.364. The quantitative estimate of drug-likeness (QED) is 0.772. The summed E-state index contributed by atoms with van der Waals surface area (Å²) >= 11 is 0. The van der Waals surface area contributed by atoms with Gasteiger partial charge in [-0.15, -0.1) is 0 Å². The number of hydrogen-bond donors (Lipinski definition) is 2. The van der Waals surface area contributed by atoms with E-state index in [9.17, 15) is 4.79 Å². The number of aryl methyl sites for hydroxylation is 1. The van der Waals surface area contributed by atoms with Gasteiger partial charge in [0.05, 0.1) is 11.0 Å². The number of fused-ring (bicyclic) bond motifs is 1. The molecule has 1 aromatic carbocycles. The van der Waals surface area contributed by atoms with Crippen LogP contribution in [0.3, 0.4) is 0 Å². The van der Waals surface area contributed by atoms with E-state index in [0.717, 1.165) is 16.6 Å². The van der Waals surface area contributed by atoms with E-state index >= 15 is 0 Å². The SMILES string of the molecule is Cc1cccc2[nH]c(=O)n(C(C)CN)c12. The van der Waals surface area contributed by atoms with Crippen molar-refractivity contribution in [2.45, 2.75) is 19.9 Å².